The lowest BCUT2D eigenvalue weighted by molar-refractivity contribution is 0.199. The molecular formula is C21H32. The predicted octanol–water partition coefficient (Wildman–Crippen LogP) is 5.82. The molecule has 0 bridgehead atoms. The zero-order chi connectivity index (χ0) is 15.1. The third kappa shape index (κ3) is 5.43. The van der Waals surface area contributed by atoms with Crippen LogP contribution < -0.4 is 0 Å². The fourth-order valence-electron chi connectivity index (χ4n) is 4.06. The van der Waals surface area contributed by atoms with Crippen molar-refractivity contribution in [3.63, 3.8) is 0 Å². The molecular weight excluding hydrogens is 252 g/mol. The lowest BCUT2D eigenvalue weighted by atomic mass is 9.70. The molecule has 116 valence electrons. The molecule has 0 spiro atoms. The minimum Gasteiger partial charge on any atom is -0.0925 e. The van der Waals surface area contributed by atoms with Crippen LogP contribution in [-0.2, 0) is 0 Å². The van der Waals surface area contributed by atoms with E-state index in [9.17, 15) is 0 Å². The molecule has 0 atom stereocenters. The number of hydrogen-bond donors (Lipinski definition) is 0. The van der Waals surface area contributed by atoms with Crippen LogP contribution in [0, 0.1) is 46.9 Å². The van der Waals surface area contributed by atoms with Crippen LogP contribution in [0.4, 0.5) is 0 Å². The van der Waals surface area contributed by atoms with Gasteiger partial charge >= 0.3 is 0 Å². The van der Waals surface area contributed by atoms with E-state index in [-0.39, 0.29) is 5.41 Å². The molecule has 2 aliphatic carbocycles. The van der Waals surface area contributed by atoms with Crippen molar-refractivity contribution in [2.24, 2.45) is 23.2 Å². The molecule has 0 heteroatoms. The van der Waals surface area contributed by atoms with Gasteiger partial charge in [0.2, 0.25) is 0 Å². The minimum atomic E-state index is 0.237. The van der Waals surface area contributed by atoms with E-state index in [2.05, 4.69) is 37.5 Å². The summed E-state index contributed by atoms with van der Waals surface area (Å²) in [5, 5.41) is 0. The van der Waals surface area contributed by atoms with Gasteiger partial charge in [-0.05, 0) is 69.1 Å². The predicted molar refractivity (Wildman–Crippen MR) is 91.6 cm³/mol. The molecule has 2 aliphatic rings. The van der Waals surface area contributed by atoms with Crippen LogP contribution in [0.3, 0.4) is 0 Å². The van der Waals surface area contributed by atoms with Gasteiger partial charge in [-0.3, -0.25) is 0 Å². The summed E-state index contributed by atoms with van der Waals surface area (Å²) >= 11 is 0. The van der Waals surface area contributed by atoms with Crippen molar-refractivity contribution in [2.45, 2.75) is 85.0 Å². The highest BCUT2D eigenvalue weighted by molar-refractivity contribution is 5.28. The average Bonchev–Trinajstić information content (AvgIpc) is 2.49. The molecule has 0 radical (unpaired) electrons. The minimum absolute atomic E-state index is 0.237. The van der Waals surface area contributed by atoms with E-state index in [1.807, 2.05) is 6.92 Å². The smallest absolute Gasteiger partial charge is 0.0297 e. The van der Waals surface area contributed by atoms with Crippen LogP contribution in [0.25, 0.3) is 0 Å². The van der Waals surface area contributed by atoms with E-state index in [1.54, 1.807) is 0 Å². The summed E-state index contributed by atoms with van der Waals surface area (Å²) < 4.78 is 0. The van der Waals surface area contributed by atoms with Gasteiger partial charge in [0.05, 0.1) is 0 Å². The summed E-state index contributed by atoms with van der Waals surface area (Å²) in [7, 11) is 0. The standard InChI is InChI=1S/C21H32/c1-4-5-6-15-21(3)16-13-20(14-17-21)12-11-19-9-7-18(2)8-10-19/h18-20H,7-14,16-17H2,1-3H3. The summed E-state index contributed by atoms with van der Waals surface area (Å²) in [6.07, 6.45) is 14.2. The van der Waals surface area contributed by atoms with Gasteiger partial charge in [-0.1, -0.05) is 57.3 Å². The van der Waals surface area contributed by atoms with E-state index in [1.165, 1.54) is 64.2 Å². The van der Waals surface area contributed by atoms with Gasteiger partial charge in [0.25, 0.3) is 0 Å². The van der Waals surface area contributed by atoms with E-state index in [0.29, 0.717) is 0 Å². The Morgan fingerprint density at radius 3 is 2.00 bits per heavy atom. The van der Waals surface area contributed by atoms with Crippen molar-refractivity contribution in [1.29, 1.82) is 0 Å². The Balaban J connectivity index is 1.69. The van der Waals surface area contributed by atoms with Crippen molar-refractivity contribution in [1.82, 2.24) is 0 Å². The molecule has 0 heterocycles. The summed E-state index contributed by atoms with van der Waals surface area (Å²) in [6, 6.07) is 0. The third-order valence-electron chi connectivity index (χ3n) is 5.88. The molecule has 0 amide bonds. The summed E-state index contributed by atoms with van der Waals surface area (Å²) in [4.78, 5) is 0. The maximum absolute atomic E-state index is 3.41. The molecule has 0 N–H and O–H groups in total. The van der Waals surface area contributed by atoms with Gasteiger partial charge < -0.3 is 0 Å². The van der Waals surface area contributed by atoms with Crippen LogP contribution in [0.1, 0.15) is 85.0 Å². The van der Waals surface area contributed by atoms with Crippen LogP contribution >= 0.6 is 0 Å². The Kier molecular flexibility index (Phi) is 6.23. The van der Waals surface area contributed by atoms with Crippen LogP contribution in [0.2, 0.25) is 0 Å². The van der Waals surface area contributed by atoms with Crippen molar-refractivity contribution in [3.05, 3.63) is 0 Å². The molecule has 0 aromatic carbocycles. The van der Waals surface area contributed by atoms with Gasteiger partial charge in [-0.15, -0.1) is 0 Å². The zero-order valence-electron chi connectivity index (χ0n) is 14.3. The van der Waals surface area contributed by atoms with Gasteiger partial charge in [0.1, 0.15) is 0 Å². The first-order chi connectivity index (χ1) is 10.1. The second kappa shape index (κ2) is 7.94. The highest BCUT2D eigenvalue weighted by atomic mass is 14.3. The first kappa shape index (κ1) is 16.5. The maximum Gasteiger partial charge on any atom is 0.0297 e. The number of rotatable bonds is 3. The average molecular weight is 284 g/mol. The summed E-state index contributed by atoms with van der Waals surface area (Å²) in [6.45, 7) is 6.61. The topological polar surface area (TPSA) is 0 Å². The second-order valence-corrected chi connectivity index (χ2v) is 7.83. The van der Waals surface area contributed by atoms with E-state index in [4.69, 9.17) is 0 Å². The first-order valence-electron chi connectivity index (χ1n) is 9.05. The highest BCUT2D eigenvalue weighted by Crippen LogP contribution is 2.41. The molecule has 0 unspecified atom stereocenters. The first-order valence-corrected chi connectivity index (χ1v) is 9.05. The zero-order valence-corrected chi connectivity index (χ0v) is 14.3. The van der Waals surface area contributed by atoms with Crippen LogP contribution in [0.15, 0.2) is 0 Å². The van der Waals surface area contributed by atoms with Crippen LogP contribution in [0.5, 0.6) is 0 Å². The lowest BCUT2D eigenvalue weighted by Crippen LogP contribution is -2.23. The Morgan fingerprint density at radius 2 is 1.43 bits per heavy atom. The molecule has 21 heavy (non-hydrogen) atoms. The second-order valence-electron chi connectivity index (χ2n) is 7.83. The van der Waals surface area contributed by atoms with Gasteiger partial charge in [0.15, 0.2) is 0 Å². The molecule has 0 saturated heterocycles. The monoisotopic (exact) mass is 284 g/mol. The SMILES string of the molecule is CC#CC#CC1(C)CCC(CCC2CCC(C)CC2)CC1. The molecule has 0 aromatic heterocycles. The van der Waals surface area contributed by atoms with Gasteiger partial charge in [-0.25, -0.2) is 0 Å². The van der Waals surface area contributed by atoms with Gasteiger partial charge in [0, 0.05) is 5.41 Å². The Hall–Kier alpha value is -0.880. The van der Waals surface area contributed by atoms with Crippen molar-refractivity contribution in [2.75, 3.05) is 0 Å². The quantitative estimate of drug-likeness (QED) is 0.573. The Labute approximate surface area is 132 Å². The lowest BCUT2D eigenvalue weighted by Gasteiger charge is -2.34. The van der Waals surface area contributed by atoms with Crippen molar-refractivity contribution < 1.29 is 0 Å². The number of hydrogen-bond acceptors (Lipinski definition) is 0. The normalized spacial score (nSPS) is 36.0. The fraction of sp³-hybridized carbons (Fsp3) is 0.810. The van der Waals surface area contributed by atoms with E-state index < -0.39 is 0 Å². The van der Waals surface area contributed by atoms with Crippen LogP contribution in [-0.4, -0.2) is 0 Å². The molecule has 0 nitrogen and oxygen atoms in total. The largest absolute Gasteiger partial charge is 0.0925 e. The molecule has 2 saturated carbocycles. The van der Waals surface area contributed by atoms with E-state index in [0.717, 1.165) is 17.8 Å². The fourth-order valence-corrected chi connectivity index (χ4v) is 4.06. The van der Waals surface area contributed by atoms with Gasteiger partial charge in [-0.2, -0.15) is 0 Å². The summed E-state index contributed by atoms with van der Waals surface area (Å²) in [5.41, 5.74) is 0.237. The third-order valence-corrected chi connectivity index (χ3v) is 5.88. The molecule has 2 fully saturated rings. The Bertz CT molecular complexity index is 420. The van der Waals surface area contributed by atoms with Crippen molar-refractivity contribution >= 4 is 0 Å². The molecule has 2 rings (SSSR count). The van der Waals surface area contributed by atoms with Crippen molar-refractivity contribution in [3.8, 4) is 23.7 Å². The maximum atomic E-state index is 3.41. The molecule has 0 aromatic rings. The Morgan fingerprint density at radius 1 is 0.857 bits per heavy atom. The molecule has 0 aliphatic heterocycles. The summed E-state index contributed by atoms with van der Waals surface area (Å²) in [5.74, 6) is 15.2. The van der Waals surface area contributed by atoms with E-state index >= 15 is 0 Å². The highest BCUT2D eigenvalue weighted by Gasteiger charge is 2.30.